The fourth-order valence-corrected chi connectivity index (χ4v) is 4.66. The first-order valence-electron chi connectivity index (χ1n) is 7.68. The Morgan fingerprint density at radius 3 is 2.39 bits per heavy atom. The van der Waals surface area contributed by atoms with E-state index in [-0.39, 0.29) is 16.6 Å². The molecule has 2 fully saturated rings. The minimum Gasteiger partial charge on any atom is -0.314 e. The number of nitrogens with one attached hydrogen (secondary N) is 1. The van der Waals surface area contributed by atoms with Crippen molar-refractivity contribution in [2.45, 2.75) is 17.4 Å². The van der Waals surface area contributed by atoms with Gasteiger partial charge in [-0.25, -0.2) is 8.42 Å². The third-order valence-corrected chi connectivity index (χ3v) is 6.36. The van der Waals surface area contributed by atoms with Gasteiger partial charge in [-0.15, -0.1) is 0 Å². The second-order valence-corrected chi connectivity index (χ2v) is 7.78. The van der Waals surface area contributed by atoms with E-state index in [0.29, 0.717) is 13.1 Å². The molecule has 0 aromatic heterocycles. The lowest BCUT2D eigenvalue weighted by Crippen LogP contribution is -2.49. The molecule has 2 saturated heterocycles. The highest BCUT2D eigenvalue weighted by molar-refractivity contribution is 7.89. The molecule has 0 saturated carbocycles. The summed E-state index contributed by atoms with van der Waals surface area (Å²) in [5, 5.41) is 14.0. The summed E-state index contributed by atoms with van der Waals surface area (Å²) in [6.07, 6.45) is 0.826. The highest BCUT2D eigenvalue weighted by Gasteiger charge is 2.35. The molecule has 23 heavy (non-hydrogen) atoms. The number of benzene rings is 1. The van der Waals surface area contributed by atoms with Crippen LogP contribution in [-0.4, -0.2) is 67.9 Å². The first-order valence-corrected chi connectivity index (χ1v) is 9.12. The van der Waals surface area contributed by atoms with Crippen molar-refractivity contribution in [1.82, 2.24) is 14.5 Å². The maximum Gasteiger partial charge on any atom is 0.269 e. The Hall–Kier alpha value is -1.55. The molecule has 0 spiro atoms. The summed E-state index contributed by atoms with van der Waals surface area (Å²) in [6.45, 7) is 4.73. The lowest BCUT2D eigenvalue weighted by Gasteiger charge is -2.32. The van der Waals surface area contributed by atoms with Gasteiger partial charge in [0.05, 0.1) is 9.82 Å². The van der Waals surface area contributed by atoms with E-state index >= 15 is 0 Å². The zero-order chi connectivity index (χ0) is 16.4. The average molecular weight is 340 g/mol. The summed E-state index contributed by atoms with van der Waals surface area (Å²) >= 11 is 0. The predicted octanol–water partition coefficient (Wildman–Crippen LogP) is 0.263. The van der Waals surface area contributed by atoms with Crippen molar-refractivity contribution in [2.24, 2.45) is 0 Å². The first-order chi connectivity index (χ1) is 11.0. The zero-order valence-corrected chi connectivity index (χ0v) is 13.5. The zero-order valence-electron chi connectivity index (χ0n) is 12.7. The number of non-ortho nitro benzene ring substituents is 1. The molecule has 0 amide bonds. The van der Waals surface area contributed by atoms with Crippen molar-refractivity contribution in [2.75, 3.05) is 39.3 Å². The smallest absolute Gasteiger partial charge is 0.269 e. The lowest BCUT2D eigenvalue weighted by molar-refractivity contribution is -0.384. The number of piperazine rings is 1. The molecule has 0 bridgehead atoms. The first kappa shape index (κ1) is 16.3. The largest absolute Gasteiger partial charge is 0.314 e. The third-order valence-electron chi connectivity index (χ3n) is 4.48. The summed E-state index contributed by atoms with van der Waals surface area (Å²) in [5.41, 5.74) is -0.107. The third kappa shape index (κ3) is 3.37. The van der Waals surface area contributed by atoms with E-state index in [1.54, 1.807) is 0 Å². The van der Waals surface area contributed by atoms with Gasteiger partial charge in [-0.2, -0.15) is 4.31 Å². The Labute approximate surface area is 135 Å². The van der Waals surface area contributed by atoms with Crippen LogP contribution in [0, 0.1) is 10.1 Å². The number of nitrogens with zero attached hydrogens (tertiary/aromatic N) is 3. The second kappa shape index (κ2) is 6.52. The molecule has 2 aliphatic heterocycles. The van der Waals surface area contributed by atoms with Gasteiger partial charge in [-0.05, 0) is 18.6 Å². The molecule has 2 aliphatic rings. The summed E-state index contributed by atoms with van der Waals surface area (Å²) < 4.78 is 26.8. The van der Waals surface area contributed by atoms with Crippen LogP contribution in [0.4, 0.5) is 5.69 Å². The van der Waals surface area contributed by atoms with Gasteiger partial charge in [0, 0.05) is 57.4 Å². The molecular weight excluding hydrogens is 320 g/mol. The van der Waals surface area contributed by atoms with E-state index in [1.165, 1.54) is 28.6 Å². The van der Waals surface area contributed by atoms with Crippen LogP contribution in [0.1, 0.15) is 6.42 Å². The molecule has 1 unspecified atom stereocenters. The normalized spacial score (nSPS) is 23.9. The van der Waals surface area contributed by atoms with Crippen molar-refractivity contribution >= 4 is 15.7 Å². The van der Waals surface area contributed by atoms with E-state index in [1.807, 2.05) is 0 Å². The minimum atomic E-state index is -3.58. The highest BCUT2D eigenvalue weighted by Crippen LogP contribution is 2.25. The van der Waals surface area contributed by atoms with Crippen LogP contribution in [0.5, 0.6) is 0 Å². The monoisotopic (exact) mass is 340 g/mol. The number of nitro groups is 1. The molecule has 3 rings (SSSR count). The van der Waals surface area contributed by atoms with Crippen molar-refractivity contribution < 1.29 is 13.3 Å². The van der Waals surface area contributed by atoms with Crippen LogP contribution < -0.4 is 5.32 Å². The van der Waals surface area contributed by atoms with E-state index in [0.717, 1.165) is 32.6 Å². The number of hydrogen-bond acceptors (Lipinski definition) is 6. The fraction of sp³-hybridized carbons (Fsp3) is 0.571. The molecule has 2 heterocycles. The van der Waals surface area contributed by atoms with Gasteiger partial charge < -0.3 is 5.32 Å². The van der Waals surface area contributed by atoms with Crippen LogP contribution in [0.3, 0.4) is 0 Å². The van der Waals surface area contributed by atoms with Gasteiger partial charge in [0.1, 0.15) is 0 Å². The van der Waals surface area contributed by atoms with Crippen LogP contribution in [0.2, 0.25) is 0 Å². The highest BCUT2D eigenvalue weighted by atomic mass is 32.2. The summed E-state index contributed by atoms with van der Waals surface area (Å²) in [5.74, 6) is 0. The molecule has 0 radical (unpaired) electrons. The van der Waals surface area contributed by atoms with Gasteiger partial charge in [-0.1, -0.05) is 0 Å². The van der Waals surface area contributed by atoms with Crippen LogP contribution >= 0.6 is 0 Å². The Balaban J connectivity index is 1.71. The molecule has 1 aromatic carbocycles. The van der Waals surface area contributed by atoms with Crippen LogP contribution in [0.25, 0.3) is 0 Å². The van der Waals surface area contributed by atoms with E-state index in [9.17, 15) is 18.5 Å². The van der Waals surface area contributed by atoms with Gasteiger partial charge >= 0.3 is 0 Å². The van der Waals surface area contributed by atoms with E-state index in [4.69, 9.17) is 0 Å². The molecule has 1 aromatic rings. The van der Waals surface area contributed by atoms with Crippen LogP contribution in [0.15, 0.2) is 29.2 Å². The standard InChI is InChI=1S/C14H20N4O4S/c19-18(20)12-1-3-14(4-2-12)23(21,22)17-8-5-13(11-17)16-9-6-15-7-10-16/h1-4,13,15H,5-11H2. The molecule has 0 aliphatic carbocycles. The van der Waals surface area contributed by atoms with Gasteiger partial charge in [0.25, 0.3) is 5.69 Å². The SMILES string of the molecule is O=[N+]([O-])c1ccc(S(=O)(=O)N2CCC(N3CCNCC3)C2)cc1. The summed E-state index contributed by atoms with van der Waals surface area (Å²) in [7, 11) is -3.58. The number of sulfonamides is 1. The fourth-order valence-electron chi connectivity index (χ4n) is 3.16. The van der Waals surface area contributed by atoms with Crippen molar-refractivity contribution in [3.8, 4) is 0 Å². The van der Waals surface area contributed by atoms with Crippen molar-refractivity contribution in [1.29, 1.82) is 0 Å². The Morgan fingerprint density at radius 1 is 1.13 bits per heavy atom. The Kier molecular flexibility index (Phi) is 4.62. The molecule has 126 valence electrons. The van der Waals surface area contributed by atoms with E-state index < -0.39 is 14.9 Å². The lowest BCUT2D eigenvalue weighted by atomic mass is 10.2. The summed E-state index contributed by atoms with van der Waals surface area (Å²) in [4.78, 5) is 12.6. The number of rotatable bonds is 4. The molecular formula is C14H20N4O4S. The molecule has 9 heteroatoms. The Bertz CT molecular complexity index is 671. The van der Waals surface area contributed by atoms with Gasteiger partial charge in [0.2, 0.25) is 10.0 Å². The molecule has 1 atom stereocenters. The second-order valence-electron chi connectivity index (χ2n) is 5.84. The van der Waals surface area contributed by atoms with Crippen molar-refractivity contribution in [3.05, 3.63) is 34.4 Å². The topological polar surface area (TPSA) is 95.8 Å². The predicted molar refractivity (Wildman–Crippen MR) is 84.7 cm³/mol. The van der Waals surface area contributed by atoms with E-state index in [2.05, 4.69) is 10.2 Å². The maximum atomic E-state index is 12.7. The summed E-state index contributed by atoms with van der Waals surface area (Å²) in [6, 6.07) is 5.34. The van der Waals surface area contributed by atoms with Crippen LogP contribution in [-0.2, 0) is 10.0 Å². The molecule has 8 nitrogen and oxygen atoms in total. The molecule has 1 N–H and O–H groups in total. The van der Waals surface area contributed by atoms with Crippen molar-refractivity contribution in [3.63, 3.8) is 0 Å². The quantitative estimate of drug-likeness (QED) is 0.624. The Morgan fingerprint density at radius 2 is 1.78 bits per heavy atom. The number of nitro benzene ring substituents is 1. The van der Waals surface area contributed by atoms with Gasteiger partial charge in [0.15, 0.2) is 0 Å². The maximum absolute atomic E-state index is 12.7. The average Bonchev–Trinajstić information content (AvgIpc) is 3.06. The number of hydrogen-bond donors (Lipinski definition) is 1. The minimum absolute atomic E-state index is 0.107. The van der Waals surface area contributed by atoms with Gasteiger partial charge in [-0.3, -0.25) is 15.0 Å².